The highest BCUT2D eigenvalue weighted by Crippen LogP contribution is 2.15. The Kier molecular flexibility index (Phi) is 3.26. The maximum Gasteiger partial charge on any atom is 0.150 e. The molecule has 2 aromatic heterocycles. The summed E-state index contributed by atoms with van der Waals surface area (Å²) in [4.78, 5) is 7.94. The average Bonchev–Trinajstić information content (AvgIpc) is 2.31. The minimum atomic E-state index is -1.21. The zero-order chi connectivity index (χ0) is 11.4. The number of aromatic nitrogens is 2. The van der Waals surface area contributed by atoms with Crippen molar-refractivity contribution in [3.63, 3.8) is 0 Å². The molecule has 1 unspecified atom stereocenters. The van der Waals surface area contributed by atoms with Gasteiger partial charge in [0.15, 0.2) is 0 Å². The Balaban J connectivity index is 2.19. The lowest BCUT2D eigenvalue weighted by Gasteiger charge is -2.03. The first kappa shape index (κ1) is 10.8. The molecule has 0 saturated heterocycles. The third-order valence-electron chi connectivity index (χ3n) is 2.06. The molecule has 2 N–H and O–H groups in total. The second-order valence-corrected chi connectivity index (χ2v) is 4.61. The van der Waals surface area contributed by atoms with Crippen LogP contribution < -0.4 is 5.73 Å². The predicted octanol–water partition coefficient (Wildman–Crippen LogP) is 1.37. The van der Waals surface area contributed by atoms with Crippen molar-refractivity contribution in [2.45, 2.75) is 10.8 Å². The number of pyridine rings is 2. The highest BCUT2D eigenvalue weighted by atomic mass is 32.2. The van der Waals surface area contributed by atoms with Crippen molar-refractivity contribution in [2.24, 2.45) is 0 Å². The van der Waals surface area contributed by atoms with Crippen molar-refractivity contribution in [3.05, 3.63) is 48.4 Å². The summed E-state index contributed by atoms with van der Waals surface area (Å²) < 4.78 is 12.0. The van der Waals surface area contributed by atoms with E-state index in [2.05, 4.69) is 9.97 Å². The first-order chi connectivity index (χ1) is 7.77. The van der Waals surface area contributed by atoms with Gasteiger partial charge in [-0.3, -0.25) is 9.19 Å². The molecular weight excluding hydrogens is 222 g/mol. The molecule has 2 rings (SSSR count). The molecule has 0 aliphatic rings. The van der Waals surface area contributed by atoms with Gasteiger partial charge in [-0.15, -0.1) is 0 Å². The molecule has 0 saturated carbocycles. The van der Waals surface area contributed by atoms with Gasteiger partial charge in [-0.25, -0.2) is 4.98 Å². The van der Waals surface area contributed by atoms with Crippen LogP contribution in [0.5, 0.6) is 0 Å². The van der Waals surface area contributed by atoms with E-state index in [0.29, 0.717) is 16.5 Å². The van der Waals surface area contributed by atoms with Crippen molar-refractivity contribution in [2.75, 3.05) is 5.73 Å². The van der Waals surface area contributed by atoms with Crippen LogP contribution in [0.4, 0.5) is 5.69 Å². The topological polar surface area (TPSA) is 68.9 Å². The zero-order valence-corrected chi connectivity index (χ0v) is 9.35. The normalized spacial score (nSPS) is 12.2. The van der Waals surface area contributed by atoms with Gasteiger partial charge in [0.25, 0.3) is 0 Å². The molecule has 5 heteroatoms. The molecule has 0 aliphatic carbocycles. The standard InChI is InChI=1S/C11H11N3OS/c12-10-2-1-5-14-11(10)16(15)8-9-3-6-13-7-4-9/h1-7H,8,12H2. The molecular formula is C11H11N3OS. The largest absolute Gasteiger partial charge is 0.396 e. The van der Waals surface area contributed by atoms with E-state index in [4.69, 9.17) is 5.73 Å². The van der Waals surface area contributed by atoms with E-state index >= 15 is 0 Å². The highest BCUT2D eigenvalue weighted by molar-refractivity contribution is 7.84. The summed E-state index contributed by atoms with van der Waals surface area (Å²) in [5.41, 5.74) is 7.13. The Bertz CT molecular complexity index is 502. The molecule has 0 bridgehead atoms. The Morgan fingerprint density at radius 3 is 2.62 bits per heavy atom. The van der Waals surface area contributed by atoms with Crippen molar-refractivity contribution >= 4 is 16.5 Å². The van der Waals surface area contributed by atoms with E-state index in [1.165, 1.54) is 0 Å². The average molecular weight is 233 g/mol. The number of nitrogen functional groups attached to an aromatic ring is 1. The molecule has 82 valence electrons. The summed E-state index contributed by atoms with van der Waals surface area (Å²) in [7, 11) is -1.21. The van der Waals surface area contributed by atoms with Crippen molar-refractivity contribution in [3.8, 4) is 0 Å². The summed E-state index contributed by atoms with van der Waals surface area (Å²) in [6, 6.07) is 7.09. The van der Waals surface area contributed by atoms with Crippen LogP contribution in [0.2, 0.25) is 0 Å². The molecule has 16 heavy (non-hydrogen) atoms. The second-order valence-electron chi connectivity index (χ2n) is 3.24. The van der Waals surface area contributed by atoms with Crippen LogP contribution in [0.25, 0.3) is 0 Å². The third kappa shape index (κ3) is 2.43. The number of nitrogens with zero attached hydrogens (tertiary/aromatic N) is 2. The third-order valence-corrected chi connectivity index (χ3v) is 3.43. The predicted molar refractivity (Wildman–Crippen MR) is 63.0 cm³/mol. The van der Waals surface area contributed by atoms with Crippen LogP contribution in [0.3, 0.4) is 0 Å². The van der Waals surface area contributed by atoms with Crippen LogP contribution in [0.1, 0.15) is 5.56 Å². The molecule has 2 heterocycles. The lowest BCUT2D eigenvalue weighted by atomic mass is 10.3. The van der Waals surface area contributed by atoms with Crippen LogP contribution in [-0.2, 0) is 16.6 Å². The molecule has 0 radical (unpaired) electrons. The van der Waals surface area contributed by atoms with Crippen molar-refractivity contribution in [1.29, 1.82) is 0 Å². The molecule has 0 aliphatic heterocycles. The summed E-state index contributed by atoms with van der Waals surface area (Å²) in [5, 5.41) is 0.444. The van der Waals surface area contributed by atoms with Crippen LogP contribution >= 0.6 is 0 Å². The summed E-state index contributed by atoms with van der Waals surface area (Å²) in [5.74, 6) is 0.406. The maximum atomic E-state index is 12.0. The fourth-order valence-corrected chi connectivity index (χ4v) is 2.43. The molecule has 0 fully saturated rings. The molecule has 2 aromatic rings. The fourth-order valence-electron chi connectivity index (χ4n) is 1.29. The number of hydrogen-bond donors (Lipinski definition) is 1. The van der Waals surface area contributed by atoms with Crippen molar-refractivity contribution in [1.82, 2.24) is 9.97 Å². The smallest absolute Gasteiger partial charge is 0.150 e. The van der Waals surface area contributed by atoms with E-state index < -0.39 is 10.8 Å². The van der Waals surface area contributed by atoms with Gasteiger partial charge in [-0.05, 0) is 29.8 Å². The second kappa shape index (κ2) is 4.85. The summed E-state index contributed by atoms with van der Waals surface area (Å²) >= 11 is 0. The maximum absolute atomic E-state index is 12.0. The molecule has 0 aromatic carbocycles. The minimum Gasteiger partial charge on any atom is -0.396 e. The molecule has 0 spiro atoms. The first-order valence-corrected chi connectivity index (χ1v) is 6.07. The van der Waals surface area contributed by atoms with E-state index in [1.54, 1.807) is 30.7 Å². The Morgan fingerprint density at radius 1 is 1.19 bits per heavy atom. The van der Waals surface area contributed by atoms with Gasteiger partial charge in [0, 0.05) is 18.6 Å². The lowest BCUT2D eigenvalue weighted by molar-refractivity contribution is 0.680. The van der Waals surface area contributed by atoms with Crippen LogP contribution in [0, 0.1) is 0 Å². The molecule has 0 amide bonds. The van der Waals surface area contributed by atoms with E-state index in [1.807, 2.05) is 12.1 Å². The van der Waals surface area contributed by atoms with E-state index in [0.717, 1.165) is 5.56 Å². The number of nitrogens with two attached hydrogens (primary N) is 1. The van der Waals surface area contributed by atoms with Crippen LogP contribution in [0.15, 0.2) is 47.9 Å². The Morgan fingerprint density at radius 2 is 1.94 bits per heavy atom. The first-order valence-electron chi connectivity index (χ1n) is 4.75. The summed E-state index contributed by atoms with van der Waals surface area (Å²) in [6.45, 7) is 0. The summed E-state index contributed by atoms with van der Waals surface area (Å²) in [6.07, 6.45) is 4.94. The quantitative estimate of drug-likeness (QED) is 0.869. The van der Waals surface area contributed by atoms with Gasteiger partial charge in [0.2, 0.25) is 0 Å². The van der Waals surface area contributed by atoms with Gasteiger partial charge in [-0.1, -0.05) is 0 Å². The SMILES string of the molecule is Nc1cccnc1S(=O)Cc1ccncc1. The highest BCUT2D eigenvalue weighted by Gasteiger charge is 2.09. The lowest BCUT2D eigenvalue weighted by Crippen LogP contribution is -2.03. The number of anilines is 1. The van der Waals surface area contributed by atoms with Gasteiger partial charge in [0.1, 0.15) is 5.03 Å². The van der Waals surface area contributed by atoms with Crippen molar-refractivity contribution < 1.29 is 4.21 Å². The van der Waals surface area contributed by atoms with Gasteiger partial charge in [-0.2, -0.15) is 0 Å². The monoisotopic (exact) mass is 233 g/mol. The fraction of sp³-hybridized carbons (Fsp3) is 0.0909. The van der Waals surface area contributed by atoms with E-state index in [9.17, 15) is 4.21 Å². The Hall–Kier alpha value is -1.75. The Labute approximate surface area is 96.0 Å². The number of rotatable bonds is 3. The number of hydrogen-bond acceptors (Lipinski definition) is 4. The van der Waals surface area contributed by atoms with E-state index in [-0.39, 0.29) is 0 Å². The van der Waals surface area contributed by atoms with Gasteiger partial charge >= 0.3 is 0 Å². The minimum absolute atomic E-state index is 0.406. The zero-order valence-electron chi connectivity index (χ0n) is 8.54. The van der Waals surface area contributed by atoms with Crippen LogP contribution in [-0.4, -0.2) is 14.2 Å². The molecule has 4 nitrogen and oxygen atoms in total. The molecule has 1 atom stereocenters. The van der Waals surface area contributed by atoms with Gasteiger partial charge in [0.05, 0.1) is 22.2 Å². The van der Waals surface area contributed by atoms with Gasteiger partial charge < -0.3 is 5.73 Å².